The lowest BCUT2D eigenvalue weighted by molar-refractivity contribution is 0.546. The predicted octanol–water partition coefficient (Wildman–Crippen LogP) is 2.28. The van der Waals surface area contributed by atoms with Crippen LogP contribution in [-0.4, -0.2) is 21.0 Å². The summed E-state index contributed by atoms with van der Waals surface area (Å²) in [7, 11) is 0. The van der Waals surface area contributed by atoms with E-state index in [1.807, 2.05) is 6.20 Å². The molecule has 2 aliphatic heterocycles. The Morgan fingerprint density at radius 3 is 3.11 bits per heavy atom. The molecule has 2 aromatic heterocycles. The van der Waals surface area contributed by atoms with E-state index in [2.05, 4.69) is 19.9 Å². The first-order chi connectivity index (χ1) is 9.34. The van der Waals surface area contributed by atoms with Crippen LogP contribution in [0, 0.1) is 5.82 Å². The average molecular weight is 256 g/mol. The molecule has 4 heterocycles. The molecule has 2 aromatic rings. The van der Waals surface area contributed by atoms with Gasteiger partial charge in [-0.2, -0.15) is 0 Å². The van der Waals surface area contributed by atoms with Gasteiger partial charge in [0, 0.05) is 30.4 Å². The van der Waals surface area contributed by atoms with Crippen LogP contribution in [0.15, 0.2) is 30.9 Å². The smallest absolute Gasteiger partial charge is 0.165 e. The molecule has 0 aromatic carbocycles. The predicted molar refractivity (Wildman–Crippen MR) is 68.2 cm³/mol. The number of hydrogen-bond donors (Lipinski definition) is 0. The minimum atomic E-state index is -0.250. The summed E-state index contributed by atoms with van der Waals surface area (Å²) in [5.41, 5.74) is 2.23. The fourth-order valence-electron chi connectivity index (χ4n) is 3.31. The molecule has 0 aliphatic carbocycles. The van der Waals surface area contributed by atoms with Crippen LogP contribution in [0.4, 0.5) is 10.2 Å². The monoisotopic (exact) mass is 256 g/mol. The van der Waals surface area contributed by atoms with Crippen molar-refractivity contribution in [3.05, 3.63) is 47.9 Å². The molecule has 2 atom stereocenters. The minimum absolute atomic E-state index is 0.166. The summed E-state index contributed by atoms with van der Waals surface area (Å²) < 4.78 is 14.0. The van der Waals surface area contributed by atoms with Crippen molar-refractivity contribution in [2.24, 2.45) is 0 Å². The van der Waals surface area contributed by atoms with E-state index in [-0.39, 0.29) is 11.9 Å². The quantitative estimate of drug-likeness (QED) is 0.785. The van der Waals surface area contributed by atoms with E-state index in [0.29, 0.717) is 11.9 Å². The molecule has 19 heavy (non-hydrogen) atoms. The van der Waals surface area contributed by atoms with Gasteiger partial charge >= 0.3 is 0 Å². The molecule has 0 radical (unpaired) electrons. The SMILES string of the molecule is Fc1cccnc1N1C2CCC1c1cncnc1C2. The maximum absolute atomic E-state index is 14.0. The van der Waals surface area contributed by atoms with Crippen molar-refractivity contribution in [3.63, 3.8) is 0 Å². The maximum Gasteiger partial charge on any atom is 0.165 e. The number of halogens is 1. The Balaban J connectivity index is 1.83. The molecular weight excluding hydrogens is 243 g/mol. The zero-order chi connectivity index (χ0) is 12.8. The Morgan fingerprint density at radius 2 is 2.21 bits per heavy atom. The van der Waals surface area contributed by atoms with Gasteiger partial charge in [-0.1, -0.05) is 0 Å². The van der Waals surface area contributed by atoms with E-state index < -0.39 is 0 Å². The van der Waals surface area contributed by atoms with Crippen LogP contribution in [0.25, 0.3) is 0 Å². The van der Waals surface area contributed by atoms with E-state index in [9.17, 15) is 4.39 Å². The maximum atomic E-state index is 14.0. The molecule has 5 heteroatoms. The zero-order valence-corrected chi connectivity index (χ0v) is 10.3. The first-order valence-corrected chi connectivity index (χ1v) is 6.52. The molecular formula is C14H13FN4. The van der Waals surface area contributed by atoms with Gasteiger partial charge in [0.05, 0.1) is 11.7 Å². The van der Waals surface area contributed by atoms with Crippen LogP contribution in [0.1, 0.15) is 30.1 Å². The van der Waals surface area contributed by atoms with Crippen molar-refractivity contribution < 1.29 is 4.39 Å². The molecule has 2 unspecified atom stereocenters. The number of hydrogen-bond acceptors (Lipinski definition) is 4. The van der Waals surface area contributed by atoms with Gasteiger partial charge in [0.25, 0.3) is 0 Å². The molecule has 0 amide bonds. The zero-order valence-electron chi connectivity index (χ0n) is 10.3. The number of nitrogens with zero attached hydrogens (tertiary/aromatic N) is 4. The summed E-state index contributed by atoms with van der Waals surface area (Å²) in [6.07, 6.45) is 8.02. The van der Waals surface area contributed by atoms with Crippen LogP contribution in [-0.2, 0) is 6.42 Å². The standard InChI is InChI=1S/C14H13FN4/c15-11-2-1-5-17-14(11)19-9-3-4-13(19)10-7-16-8-18-12(10)6-9/h1-2,5,7-9,13H,3-4,6H2. The molecule has 1 fully saturated rings. The Labute approximate surface area is 110 Å². The number of pyridine rings is 1. The Hall–Kier alpha value is -2.04. The molecule has 0 spiro atoms. The molecule has 0 saturated carbocycles. The Kier molecular flexibility index (Phi) is 2.27. The topological polar surface area (TPSA) is 41.9 Å². The highest BCUT2D eigenvalue weighted by molar-refractivity contribution is 5.49. The Bertz CT molecular complexity index is 630. The van der Waals surface area contributed by atoms with E-state index in [0.717, 1.165) is 30.5 Å². The van der Waals surface area contributed by atoms with Gasteiger partial charge in [-0.3, -0.25) is 0 Å². The first-order valence-electron chi connectivity index (χ1n) is 6.52. The second-order valence-corrected chi connectivity index (χ2v) is 5.09. The summed E-state index contributed by atoms with van der Waals surface area (Å²) in [5, 5.41) is 0. The van der Waals surface area contributed by atoms with Gasteiger partial charge in [-0.25, -0.2) is 19.3 Å². The van der Waals surface area contributed by atoms with Crippen LogP contribution < -0.4 is 4.90 Å². The van der Waals surface area contributed by atoms with Gasteiger partial charge in [0.1, 0.15) is 6.33 Å². The molecule has 4 nitrogen and oxygen atoms in total. The number of fused-ring (bicyclic) bond motifs is 4. The van der Waals surface area contributed by atoms with Crippen molar-refractivity contribution >= 4 is 5.82 Å². The lowest BCUT2D eigenvalue weighted by Crippen LogP contribution is -2.39. The van der Waals surface area contributed by atoms with Crippen LogP contribution in [0.5, 0.6) is 0 Å². The third-order valence-corrected chi connectivity index (χ3v) is 4.10. The summed E-state index contributed by atoms with van der Waals surface area (Å²) in [4.78, 5) is 14.8. The third-order valence-electron chi connectivity index (χ3n) is 4.10. The van der Waals surface area contributed by atoms with Gasteiger partial charge in [-0.05, 0) is 25.0 Å². The van der Waals surface area contributed by atoms with E-state index in [4.69, 9.17) is 0 Å². The number of aromatic nitrogens is 3. The number of rotatable bonds is 1. The highest BCUT2D eigenvalue weighted by Crippen LogP contribution is 2.45. The minimum Gasteiger partial charge on any atom is -0.344 e. The summed E-state index contributed by atoms with van der Waals surface area (Å²) in [6, 6.07) is 3.57. The molecule has 96 valence electrons. The van der Waals surface area contributed by atoms with Crippen molar-refractivity contribution in [3.8, 4) is 0 Å². The normalized spacial score (nSPS) is 24.4. The highest BCUT2D eigenvalue weighted by Gasteiger charge is 2.42. The molecule has 2 aliphatic rings. The summed E-state index contributed by atoms with van der Waals surface area (Å²) in [6.45, 7) is 0. The third kappa shape index (κ3) is 1.54. The summed E-state index contributed by atoms with van der Waals surface area (Å²) >= 11 is 0. The average Bonchev–Trinajstić information content (AvgIpc) is 2.75. The van der Waals surface area contributed by atoms with Crippen molar-refractivity contribution in [2.75, 3.05) is 4.90 Å². The van der Waals surface area contributed by atoms with Crippen molar-refractivity contribution in [1.82, 2.24) is 15.0 Å². The largest absolute Gasteiger partial charge is 0.344 e. The lowest BCUT2D eigenvalue weighted by Gasteiger charge is -2.36. The molecule has 2 bridgehead atoms. The van der Waals surface area contributed by atoms with E-state index >= 15 is 0 Å². The number of anilines is 1. The fraction of sp³-hybridized carbons (Fsp3) is 0.357. The van der Waals surface area contributed by atoms with Crippen LogP contribution in [0.2, 0.25) is 0 Å². The summed E-state index contributed by atoms with van der Waals surface area (Å²) in [5.74, 6) is 0.212. The second kappa shape index (κ2) is 3.98. The lowest BCUT2D eigenvalue weighted by atomic mass is 9.99. The molecule has 1 saturated heterocycles. The van der Waals surface area contributed by atoms with Crippen molar-refractivity contribution in [2.45, 2.75) is 31.3 Å². The van der Waals surface area contributed by atoms with Crippen LogP contribution >= 0.6 is 0 Å². The van der Waals surface area contributed by atoms with Gasteiger partial charge < -0.3 is 4.90 Å². The fourth-order valence-corrected chi connectivity index (χ4v) is 3.31. The first kappa shape index (κ1) is 10.8. The Morgan fingerprint density at radius 1 is 1.26 bits per heavy atom. The highest BCUT2D eigenvalue weighted by atomic mass is 19.1. The van der Waals surface area contributed by atoms with E-state index in [1.54, 1.807) is 18.6 Å². The van der Waals surface area contributed by atoms with Gasteiger partial charge in [0.15, 0.2) is 11.6 Å². The van der Waals surface area contributed by atoms with E-state index in [1.165, 1.54) is 6.07 Å². The molecule has 4 rings (SSSR count). The van der Waals surface area contributed by atoms with Crippen LogP contribution in [0.3, 0.4) is 0 Å². The second-order valence-electron chi connectivity index (χ2n) is 5.09. The van der Waals surface area contributed by atoms with Crippen molar-refractivity contribution in [1.29, 1.82) is 0 Å². The van der Waals surface area contributed by atoms with Gasteiger partial charge in [0.2, 0.25) is 0 Å². The molecule has 0 N–H and O–H groups in total. The van der Waals surface area contributed by atoms with Gasteiger partial charge in [-0.15, -0.1) is 0 Å².